The van der Waals surface area contributed by atoms with Crippen LogP contribution < -0.4 is 0 Å². The van der Waals surface area contributed by atoms with Gasteiger partial charge >= 0.3 is 0 Å². The van der Waals surface area contributed by atoms with E-state index < -0.39 is 0 Å². The van der Waals surface area contributed by atoms with Gasteiger partial charge in [0.2, 0.25) is 0 Å². The number of aliphatic imine (C=N–C) groups is 2. The smallest absolute Gasteiger partial charge is 0.0659 e. The van der Waals surface area contributed by atoms with Crippen LogP contribution in [-0.2, 0) is 0 Å². The van der Waals surface area contributed by atoms with Crippen molar-refractivity contribution >= 4 is 45.6 Å². The molecule has 36 heavy (non-hydrogen) atoms. The van der Waals surface area contributed by atoms with Gasteiger partial charge in [0.05, 0.1) is 22.4 Å². The molecule has 0 spiro atoms. The van der Waals surface area contributed by atoms with Gasteiger partial charge in [0.25, 0.3) is 0 Å². The number of nitrogens with one attached hydrogen (secondary N) is 2. The number of H-pyrrole nitrogens is 2. The fraction of sp³-hybridized carbons (Fsp3) is 0.0625. The average molecular weight is 469 g/mol. The number of aryl methyl sites for hydroxylation is 2. The number of aromatic nitrogens is 2. The highest BCUT2D eigenvalue weighted by Crippen LogP contribution is 2.21. The summed E-state index contributed by atoms with van der Waals surface area (Å²) in [7, 11) is 0. The van der Waals surface area contributed by atoms with E-state index in [9.17, 15) is 0 Å². The predicted octanol–water partition coefficient (Wildman–Crippen LogP) is 8.45. The van der Waals surface area contributed by atoms with Crippen molar-refractivity contribution < 1.29 is 0 Å². The predicted molar refractivity (Wildman–Crippen MR) is 153 cm³/mol. The molecule has 0 radical (unpaired) electrons. The van der Waals surface area contributed by atoms with Gasteiger partial charge in [0.15, 0.2) is 0 Å². The van der Waals surface area contributed by atoms with Crippen molar-refractivity contribution in [3.8, 4) is 0 Å². The molecule has 0 aliphatic carbocycles. The van der Waals surface area contributed by atoms with Crippen LogP contribution in [0.15, 0.2) is 119 Å². The van der Waals surface area contributed by atoms with E-state index in [-0.39, 0.29) is 0 Å². The lowest BCUT2D eigenvalue weighted by molar-refractivity contribution is 1.40. The monoisotopic (exact) mass is 468 g/mol. The minimum Gasteiger partial charge on any atom is -0.361 e. The highest BCUT2D eigenvalue weighted by atomic mass is 14.7. The van der Waals surface area contributed by atoms with Crippen LogP contribution in [0.5, 0.6) is 0 Å². The first-order chi connectivity index (χ1) is 17.7. The molecule has 0 aliphatic rings. The first-order valence-corrected chi connectivity index (χ1v) is 12.0. The van der Waals surface area contributed by atoms with Crippen molar-refractivity contribution in [2.45, 2.75) is 13.8 Å². The van der Waals surface area contributed by atoms with E-state index in [1.807, 2.05) is 61.2 Å². The van der Waals surface area contributed by atoms with Gasteiger partial charge in [-0.1, -0.05) is 72.8 Å². The van der Waals surface area contributed by atoms with Gasteiger partial charge in [-0.15, -0.1) is 0 Å². The molecule has 0 saturated heterocycles. The van der Waals surface area contributed by atoms with Gasteiger partial charge in [-0.05, 0) is 49.2 Å². The molecular formula is C32H28N4. The van der Waals surface area contributed by atoms with Gasteiger partial charge < -0.3 is 9.97 Å². The van der Waals surface area contributed by atoms with E-state index in [1.54, 1.807) is 0 Å². The molecule has 0 atom stereocenters. The number of benzene rings is 4. The summed E-state index contributed by atoms with van der Waals surface area (Å²) in [5.74, 6) is 0. The van der Waals surface area contributed by atoms with Crippen LogP contribution in [-0.4, -0.2) is 22.4 Å². The van der Waals surface area contributed by atoms with Crippen molar-refractivity contribution in [3.63, 3.8) is 0 Å². The number of rotatable bonds is 4. The first-order valence-electron chi connectivity index (χ1n) is 12.0. The molecule has 0 saturated carbocycles. The molecule has 0 bridgehead atoms. The lowest BCUT2D eigenvalue weighted by Crippen LogP contribution is -1.83. The third-order valence-corrected chi connectivity index (χ3v) is 6.16. The summed E-state index contributed by atoms with van der Waals surface area (Å²) < 4.78 is 0. The molecule has 6 rings (SSSR count). The molecule has 4 heteroatoms. The number of aromatic amines is 2. The second kappa shape index (κ2) is 10.7. The van der Waals surface area contributed by atoms with Gasteiger partial charge in [-0.25, -0.2) is 0 Å². The summed E-state index contributed by atoms with van der Waals surface area (Å²) in [6, 6.07) is 32.8. The number of nitrogens with zero attached hydrogens (tertiary/aromatic N) is 2. The maximum absolute atomic E-state index is 4.56. The zero-order chi connectivity index (χ0) is 24.7. The summed E-state index contributed by atoms with van der Waals surface area (Å²) in [5.41, 5.74) is 8.90. The molecule has 6 aromatic rings. The van der Waals surface area contributed by atoms with E-state index >= 15 is 0 Å². The summed E-state index contributed by atoms with van der Waals surface area (Å²) in [6.45, 7) is 4.14. The zero-order valence-corrected chi connectivity index (χ0v) is 20.4. The molecule has 176 valence electrons. The third-order valence-electron chi connectivity index (χ3n) is 6.16. The highest BCUT2D eigenvalue weighted by molar-refractivity contribution is 5.99. The summed E-state index contributed by atoms with van der Waals surface area (Å²) in [4.78, 5) is 15.6. The van der Waals surface area contributed by atoms with Crippen molar-refractivity contribution in [3.05, 3.63) is 132 Å². The molecule has 0 unspecified atom stereocenters. The van der Waals surface area contributed by atoms with Crippen molar-refractivity contribution in [1.29, 1.82) is 0 Å². The number of hydrogen-bond donors (Lipinski definition) is 2. The van der Waals surface area contributed by atoms with Crippen LogP contribution in [0.4, 0.5) is 11.4 Å². The number of hydrogen-bond acceptors (Lipinski definition) is 2. The SMILES string of the molecule is Cc1ccccc1N=Cc1cccc2cc[nH]c12.Cc1ccccc1N=Cc1cccc2cc[nH]c12. The topological polar surface area (TPSA) is 56.3 Å². The maximum Gasteiger partial charge on any atom is 0.0659 e. The summed E-state index contributed by atoms with van der Waals surface area (Å²) in [6.07, 6.45) is 7.74. The Labute approximate surface area is 211 Å². The van der Waals surface area contributed by atoms with Crippen molar-refractivity contribution in [2.24, 2.45) is 9.98 Å². The molecule has 0 amide bonds. The second-order valence-corrected chi connectivity index (χ2v) is 8.67. The Morgan fingerprint density at radius 1 is 0.500 bits per heavy atom. The molecular weight excluding hydrogens is 440 g/mol. The zero-order valence-electron chi connectivity index (χ0n) is 20.4. The van der Waals surface area contributed by atoms with Gasteiger partial charge in [0.1, 0.15) is 0 Å². The average Bonchev–Trinajstić information content (AvgIpc) is 3.58. The van der Waals surface area contributed by atoms with Crippen molar-refractivity contribution in [1.82, 2.24) is 9.97 Å². The number of fused-ring (bicyclic) bond motifs is 2. The van der Waals surface area contributed by atoms with Gasteiger partial charge in [-0.3, -0.25) is 9.98 Å². The molecule has 2 N–H and O–H groups in total. The fourth-order valence-corrected chi connectivity index (χ4v) is 4.13. The Kier molecular flexibility index (Phi) is 6.86. The number of para-hydroxylation sites is 4. The molecule has 2 heterocycles. The Balaban J connectivity index is 0.000000148. The van der Waals surface area contributed by atoms with Crippen LogP contribution in [0.3, 0.4) is 0 Å². The van der Waals surface area contributed by atoms with Crippen LogP contribution in [0.1, 0.15) is 22.3 Å². The summed E-state index contributed by atoms with van der Waals surface area (Å²) in [5, 5.41) is 2.42. The lowest BCUT2D eigenvalue weighted by Gasteiger charge is -1.99. The summed E-state index contributed by atoms with van der Waals surface area (Å²) >= 11 is 0. The lowest BCUT2D eigenvalue weighted by atomic mass is 10.1. The maximum atomic E-state index is 4.56. The Bertz CT molecular complexity index is 1540. The van der Waals surface area contributed by atoms with Gasteiger partial charge in [-0.2, -0.15) is 0 Å². The normalized spacial score (nSPS) is 11.4. The second-order valence-electron chi connectivity index (χ2n) is 8.67. The Morgan fingerprint density at radius 3 is 1.39 bits per heavy atom. The van der Waals surface area contributed by atoms with Gasteiger partial charge in [0, 0.05) is 46.7 Å². The van der Waals surface area contributed by atoms with Crippen molar-refractivity contribution in [2.75, 3.05) is 0 Å². The fourth-order valence-electron chi connectivity index (χ4n) is 4.13. The molecule has 2 aromatic heterocycles. The highest BCUT2D eigenvalue weighted by Gasteiger charge is 2.00. The van der Waals surface area contributed by atoms with Crippen LogP contribution in [0.2, 0.25) is 0 Å². The van der Waals surface area contributed by atoms with Crippen LogP contribution in [0, 0.1) is 13.8 Å². The van der Waals surface area contributed by atoms with E-state index in [0.717, 1.165) is 33.5 Å². The quantitative estimate of drug-likeness (QED) is 0.244. The third kappa shape index (κ3) is 5.18. The van der Waals surface area contributed by atoms with E-state index in [0.29, 0.717) is 0 Å². The van der Waals surface area contributed by atoms with Crippen LogP contribution >= 0.6 is 0 Å². The minimum absolute atomic E-state index is 1.01. The van der Waals surface area contributed by atoms with E-state index in [2.05, 4.69) is 94.5 Å². The van der Waals surface area contributed by atoms with Crippen LogP contribution in [0.25, 0.3) is 21.8 Å². The van der Waals surface area contributed by atoms with E-state index in [1.165, 1.54) is 21.9 Å². The molecule has 0 aliphatic heterocycles. The first kappa shape index (κ1) is 23.1. The molecule has 4 nitrogen and oxygen atoms in total. The van der Waals surface area contributed by atoms with E-state index in [4.69, 9.17) is 0 Å². The standard InChI is InChI=1S/2C16H14N2/c2*1-12-5-2-3-8-15(12)18-11-14-7-4-6-13-9-10-17-16(13)14/h2*2-11,17H,1H3. The minimum atomic E-state index is 1.01. The molecule has 0 fully saturated rings. The Morgan fingerprint density at radius 2 is 0.944 bits per heavy atom. The Hall–Kier alpha value is -4.70. The largest absolute Gasteiger partial charge is 0.361 e. The molecule has 4 aromatic carbocycles.